The van der Waals surface area contributed by atoms with E-state index in [1.165, 1.54) is 32.1 Å². The first-order valence-corrected chi connectivity index (χ1v) is 9.65. The number of hydrogen-bond donors (Lipinski definition) is 2. The lowest BCUT2D eigenvalue weighted by Crippen LogP contribution is -2.33. The van der Waals surface area contributed by atoms with Crippen molar-refractivity contribution in [1.82, 2.24) is 14.9 Å². The summed E-state index contributed by atoms with van der Waals surface area (Å²) >= 11 is 0. The summed E-state index contributed by atoms with van der Waals surface area (Å²) < 4.78 is 0. The summed E-state index contributed by atoms with van der Waals surface area (Å²) in [6.07, 6.45) is 6.49. The van der Waals surface area contributed by atoms with Gasteiger partial charge in [0.15, 0.2) is 0 Å². The number of nitrogens with zero attached hydrogens (tertiary/aromatic N) is 3. The molecule has 136 valence electrons. The van der Waals surface area contributed by atoms with Crippen LogP contribution in [0.25, 0.3) is 0 Å². The summed E-state index contributed by atoms with van der Waals surface area (Å²) in [4.78, 5) is 23.5. The van der Waals surface area contributed by atoms with Gasteiger partial charge < -0.3 is 15.3 Å². The normalized spacial score (nSPS) is 26.6. The Hall–Kier alpha value is -1.69. The molecule has 2 saturated carbocycles. The number of hydrogen-bond acceptors (Lipinski definition) is 5. The monoisotopic (exact) mass is 344 g/mol. The Morgan fingerprint density at radius 2 is 2.08 bits per heavy atom. The van der Waals surface area contributed by atoms with Gasteiger partial charge in [0, 0.05) is 42.7 Å². The topological polar surface area (TPSA) is 78.4 Å². The molecule has 4 rings (SSSR count). The molecule has 2 N–H and O–H groups in total. The predicted octanol–water partition coefficient (Wildman–Crippen LogP) is 2.08. The van der Waals surface area contributed by atoms with Crippen molar-refractivity contribution in [2.24, 2.45) is 11.8 Å². The number of nitrogens with one attached hydrogen (secondary N) is 1. The Labute approximate surface area is 149 Å². The average Bonchev–Trinajstić information content (AvgIpc) is 3.26. The number of carbonyl (C=O) groups is 1. The van der Waals surface area contributed by atoms with Crippen molar-refractivity contribution < 1.29 is 9.90 Å². The highest BCUT2D eigenvalue weighted by molar-refractivity contribution is 5.76. The molecule has 3 fully saturated rings. The first-order valence-electron chi connectivity index (χ1n) is 9.65. The van der Waals surface area contributed by atoms with Crippen molar-refractivity contribution in [3.8, 4) is 0 Å². The molecule has 2 aliphatic carbocycles. The van der Waals surface area contributed by atoms with Gasteiger partial charge in [0.2, 0.25) is 11.9 Å². The van der Waals surface area contributed by atoms with Crippen LogP contribution >= 0.6 is 0 Å². The molecular weight excluding hydrogens is 316 g/mol. The summed E-state index contributed by atoms with van der Waals surface area (Å²) in [5.41, 5.74) is 2.17. The Bertz CT molecular complexity index is 642. The van der Waals surface area contributed by atoms with E-state index in [2.05, 4.69) is 16.4 Å². The number of carbonyl (C=O) groups excluding carboxylic acids is 1. The van der Waals surface area contributed by atoms with Gasteiger partial charge in [-0.25, -0.2) is 9.97 Å². The highest BCUT2D eigenvalue weighted by Gasteiger charge is 2.44. The predicted molar refractivity (Wildman–Crippen MR) is 95.3 cm³/mol. The van der Waals surface area contributed by atoms with Gasteiger partial charge in [0.25, 0.3) is 0 Å². The van der Waals surface area contributed by atoms with Crippen molar-refractivity contribution in [2.45, 2.75) is 57.4 Å². The van der Waals surface area contributed by atoms with E-state index in [-0.39, 0.29) is 25.0 Å². The van der Waals surface area contributed by atoms with Crippen molar-refractivity contribution in [1.29, 1.82) is 0 Å². The smallest absolute Gasteiger partial charge is 0.224 e. The minimum Gasteiger partial charge on any atom is -0.396 e. The average molecular weight is 344 g/mol. The molecule has 0 aromatic carbocycles. The summed E-state index contributed by atoms with van der Waals surface area (Å²) in [6.45, 7) is 3.44. The summed E-state index contributed by atoms with van der Waals surface area (Å²) in [5, 5.41) is 12.6. The fourth-order valence-electron chi connectivity index (χ4n) is 4.18. The van der Waals surface area contributed by atoms with Crippen LogP contribution in [0.15, 0.2) is 6.07 Å². The molecule has 1 saturated heterocycles. The minimum atomic E-state index is -0.0761. The Kier molecular flexibility index (Phi) is 4.63. The van der Waals surface area contributed by atoms with Crippen LogP contribution in [0.1, 0.15) is 55.8 Å². The van der Waals surface area contributed by atoms with Gasteiger partial charge in [-0.05, 0) is 44.6 Å². The van der Waals surface area contributed by atoms with Gasteiger partial charge in [0.05, 0.1) is 12.6 Å². The molecule has 1 aromatic rings. The number of aryl methyl sites for hydroxylation is 1. The van der Waals surface area contributed by atoms with Crippen molar-refractivity contribution >= 4 is 11.9 Å². The van der Waals surface area contributed by atoms with Crippen molar-refractivity contribution in [2.75, 3.05) is 25.0 Å². The molecule has 1 aliphatic heterocycles. The maximum absolute atomic E-state index is 12.2. The summed E-state index contributed by atoms with van der Waals surface area (Å²) in [6, 6.07) is 2.32. The Balaban J connectivity index is 1.48. The van der Waals surface area contributed by atoms with Crippen LogP contribution in [-0.4, -0.2) is 51.6 Å². The fourth-order valence-corrected chi connectivity index (χ4v) is 4.18. The standard InChI is InChI=1S/C19H28N4O2/c1-12-9-16(14-3-2-4-14)21-19(20-12)22-17-11-23(18(25)7-8-24)10-15(17)13-5-6-13/h9,13-15,17,24H,2-8,10-11H2,1H3,(H,20,21,22)/t15-,17+/m1/s1. The van der Waals surface area contributed by atoms with Gasteiger partial charge in [-0.1, -0.05) is 6.42 Å². The molecule has 25 heavy (non-hydrogen) atoms. The molecule has 0 unspecified atom stereocenters. The number of aliphatic hydroxyl groups is 1. The lowest BCUT2D eigenvalue weighted by Gasteiger charge is -2.26. The number of aliphatic hydroxyl groups excluding tert-OH is 1. The van der Waals surface area contributed by atoms with E-state index in [1.807, 2.05) is 11.8 Å². The summed E-state index contributed by atoms with van der Waals surface area (Å²) in [7, 11) is 0. The molecule has 1 amide bonds. The van der Waals surface area contributed by atoms with E-state index >= 15 is 0 Å². The molecule has 0 radical (unpaired) electrons. The van der Waals surface area contributed by atoms with E-state index in [0.29, 0.717) is 30.2 Å². The molecule has 6 heteroatoms. The Morgan fingerprint density at radius 1 is 1.28 bits per heavy atom. The summed E-state index contributed by atoms with van der Waals surface area (Å²) in [5.74, 6) is 2.54. The third-order valence-corrected chi connectivity index (χ3v) is 5.98. The van der Waals surface area contributed by atoms with Crippen molar-refractivity contribution in [3.63, 3.8) is 0 Å². The van der Waals surface area contributed by atoms with Crippen LogP contribution in [0.2, 0.25) is 0 Å². The number of likely N-dealkylation sites (tertiary alicyclic amines) is 1. The number of amides is 1. The lowest BCUT2D eigenvalue weighted by molar-refractivity contribution is -0.131. The van der Waals surface area contributed by atoms with Crippen LogP contribution in [0.3, 0.4) is 0 Å². The quantitative estimate of drug-likeness (QED) is 0.826. The molecule has 0 spiro atoms. The SMILES string of the molecule is Cc1cc(C2CCC2)nc(N[C@H]2CN(C(=O)CCO)C[C@@H]2C2CC2)n1. The molecule has 2 atom stereocenters. The first-order chi connectivity index (χ1) is 12.1. The van der Waals surface area contributed by atoms with Crippen molar-refractivity contribution in [3.05, 3.63) is 17.5 Å². The minimum absolute atomic E-state index is 0.0535. The number of rotatable bonds is 6. The second-order valence-corrected chi connectivity index (χ2v) is 7.91. The van der Waals surface area contributed by atoms with Gasteiger partial charge >= 0.3 is 0 Å². The van der Waals surface area contributed by atoms with E-state index < -0.39 is 0 Å². The number of aromatic nitrogens is 2. The van der Waals surface area contributed by atoms with E-state index in [9.17, 15) is 4.79 Å². The highest BCUT2D eigenvalue weighted by atomic mass is 16.3. The molecule has 2 heterocycles. The molecule has 1 aromatic heterocycles. The van der Waals surface area contributed by atoms with Crippen LogP contribution in [0.5, 0.6) is 0 Å². The largest absolute Gasteiger partial charge is 0.396 e. The zero-order valence-corrected chi connectivity index (χ0v) is 14.9. The van der Waals surface area contributed by atoms with Gasteiger partial charge in [-0.3, -0.25) is 4.79 Å². The van der Waals surface area contributed by atoms with Crippen LogP contribution in [-0.2, 0) is 4.79 Å². The van der Waals surface area contributed by atoms with Gasteiger partial charge in [-0.15, -0.1) is 0 Å². The highest BCUT2D eigenvalue weighted by Crippen LogP contribution is 2.42. The fraction of sp³-hybridized carbons (Fsp3) is 0.737. The van der Waals surface area contributed by atoms with Crippen LogP contribution in [0.4, 0.5) is 5.95 Å². The van der Waals surface area contributed by atoms with E-state index in [0.717, 1.165) is 17.9 Å². The lowest BCUT2D eigenvalue weighted by atomic mass is 9.83. The second kappa shape index (κ2) is 6.90. The zero-order valence-electron chi connectivity index (χ0n) is 14.9. The van der Waals surface area contributed by atoms with Crippen LogP contribution < -0.4 is 5.32 Å². The second-order valence-electron chi connectivity index (χ2n) is 7.91. The third kappa shape index (κ3) is 3.64. The Morgan fingerprint density at radius 3 is 2.72 bits per heavy atom. The van der Waals surface area contributed by atoms with E-state index in [1.54, 1.807) is 0 Å². The maximum atomic E-state index is 12.2. The molecule has 3 aliphatic rings. The molecule has 0 bridgehead atoms. The number of anilines is 1. The third-order valence-electron chi connectivity index (χ3n) is 5.98. The molecular formula is C19H28N4O2. The van der Waals surface area contributed by atoms with Crippen LogP contribution in [0, 0.1) is 18.8 Å². The molecule has 6 nitrogen and oxygen atoms in total. The van der Waals surface area contributed by atoms with Gasteiger partial charge in [0.1, 0.15) is 0 Å². The zero-order chi connectivity index (χ0) is 17.4. The maximum Gasteiger partial charge on any atom is 0.224 e. The van der Waals surface area contributed by atoms with E-state index in [4.69, 9.17) is 10.1 Å². The first kappa shape index (κ1) is 16.8. The van der Waals surface area contributed by atoms with Gasteiger partial charge in [-0.2, -0.15) is 0 Å².